The molecule has 0 spiro atoms. The first kappa shape index (κ1) is 14.7. The van der Waals surface area contributed by atoms with Gasteiger partial charge in [0.1, 0.15) is 12.4 Å². The summed E-state index contributed by atoms with van der Waals surface area (Å²) < 4.78 is 5.62. The van der Waals surface area contributed by atoms with Crippen molar-refractivity contribution in [2.75, 3.05) is 19.7 Å². The Morgan fingerprint density at radius 2 is 2.00 bits per heavy atom. The van der Waals surface area contributed by atoms with E-state index in [9.17, 15) is 4.79 Å². The second kappa shape index (κ2) is 8.70. The number of carbonyl (C=O) groups is 1. The smallest absolute Gasteiger partial charge is 0.163 e. The van der Waals surface area contributed by atoms with Crippen molar-refractivity contribution in [2.24, 2.45) is 0 Å². The van der Waals surface area contributed by atoms with Crippen LogP contribution in [0.15, 0.2) is 24.3 Å². The summed E-state index contributed by atoms with van der Waals surface area (Å²) in [5, 5.41) is 3.33. The van der Waals surface area contributed by atoms with Crippen molar-refractivity contribution in [3.05, 3.63) is 29.8 Å². The highest BCUT2D eigenvalue weighted by Gasteiger charge is 2.06. The quantitative estimate of drug-likeness (QED) is 0.540. The van der Waals surface area contributed by atoms with E-state index in [1.807, 2.05) is 18.2 Å². The van der Waals surface area contributed by atoms with Crippen molar-refractivity contribution < 1.29 is 9.53 Å². The molecule has 1 rings (SSSR count). The molecule has 1 aromatic carbocycles. The molecule has 3 nitrogen and oxygen atoms in total. The Labute approximate surface area is 110 Å². The van der Waals surface area contributed by atoms with Crippen LogP contribution in [0.1, 0.15) is 43.5 Å². The second-order valence-electron chi connectivity index (χ2n) is 4.36. The Kier molecular flexibility index (Phi) is 7.11. The first-order valence-electron chi connectivity index (χ1n) is 6.69. The average Bonchev–Trinajstić information content (AvgIpc) is 2.38. The van der Waals surface area contributed by atoms with Gasteiger partial charge in [-0.05, 0) is 32.0 Å². The first-order valence-corrected chi connectivity index (χ1v) is 6.69. The van der Waals surface area contributed by atoms with Crippen LogP contribution in [0.4, 0.5) is 0 Å². The molecule has 0 amide bonds. The van der Waals surface area contributed by atoms with Crippen molar-refractivity contribution in [3.63, 3.8) is 0 Å². The highest BCUT2D eigenvalue weighted by atomic mass is 16.5. The Morgan fingerprint density at radius 1 is 1.22 bits per heavy atom. The van der Waals surface area contributed by atoms with Crippen molar-refractivity contribution in [3.8, 4) is 5.75 Å². The van der Waals surface area contributed by atoms with Gasteiger partial charge in [0.25, 0.3) is 0 Å². The zero-order valence-corrected chi connectivity index (χ0v) is 11.4. The summed E-state index contributed by atoms with van der Waals surface area (Å²) in [5.74, 6) is 0.724. The van der Waals surface area contributed by atoms with E-state index >= 15 is 0 Å². The van der Waals surface area contributed by atoms with E-state index in [-0.39, 0.29) is 5.78 Å². The SMILES string of the molecule is CCCCCNCCOc1ccccc1C(C)=O. The largest absolute Gasteiger partial charge is 0.492 e. The third-order valence-corrected chi connectivity index (χ3v) is 2.76. The molecule has 0 heterocycles. The number of hydrogen-bond donors (Lipinski definition) is 1. The average molecular weight is 249 g/mol. The lowest BCUT2D eigenvalue weighted by Gasteiger charge is -2.10. The maximum absolute atomic E-state index is 11.4. The van der Waals surface area contributed by atoms with Gasteiger partial charge in [-0.2, -0.15) is 0 Å². The summed E-state index contributed by atoms with van der Waals surface area (Å²) in [5.41, 5.74) is 0.656. The molecular formula is C15H23NO2. The van der Waals surface area contributed by atoms with Crippen LogP contribution in [-0.2, 0) is 0 Å². The summed E-state index contributed by atoms with van der Waals surface area (Å²) in [4.78, 5) is 11.4. The number of rotatable bonds is 9. The van der Waals surface area contributed by atoms with E-state index in [4.69, 9.17) is 4.74 Å². The lowest BCUT2D eigenvalue weighted by Crippen LogP contribution is -2.22. The minimum atomic E-state index is 0.0431. The molecule has 0 unspecified atom stereocenters. The molecule has 0 atom stereocenters. The van der Waals surface area contributed by atoms with E-state index in [1.165, 1.54) is 19.3 Å². The predicted molar refractivity (Wildman–Crippen MR) is 74.3 cm³/mol. The predicted octanol–water partition coefficient (Wildman–Crippen LogP) is 3.05. The molecule has 0 radical (unpaired) electrons. The summed E-state index contributed by atoms with van der Waals surface area (Å²) in [6, 6.07) is 7.38. The van der Waals surface area contributed by atoms with Crippen LogP contribution in [0.3, 0.4) is 0 Å². The molecule has 0 aromatic heterocycles. The number of para-hydroxylation sites is 1. The summed E-state index contributed by atoms with van der Waals surface area (Å²) >= 11 is 0. The molecule has 18 heavy (non-hydrogen) atoms. The number of Topliss-reactive ketones (excluding diaryl/α,β-unsaturated/α-hetero) is 1. The number of nitrogens with one attached hydrogen (secondary N) is 1. The molecule has 0 aliphatic heterocycles. The maximum atomic E-state index is 11.4. The fourth-order valence-corrected chi connectivity index (χ4v) is 1.74. The molecule has 0 saturated carbocycles. The Bertz CT molecular complexity index is 363. The van der Waals surface area contributed by atoms with Crippen molar-refractivity contribution >= 4 is 5.78 Å². The third kappa shape index (κ3) is 5.32. The summed E-state index contributed by atoms with van der Waals surface area (Å²) in [7, 11) is 0. The van der Waals surface area contributed by atoms with Gasteiger partial charge < -0.3 is 10.1 Å². The minimum Gasteiger partial charge on any atom is -0.492 e. The molecule has 0 bridgehead atoms. The number of benzene rings is 1. The molecule has 3 heteroatoms. The van der Waals surface area contributed by atoms with Gasteiger partial charge in [0.2, 0.25) is 0 Å². The Morgan fingerprint density at radius 3 is 2.72 bits per heavy atom. The fourth-order valence-electron chi connectivity index (χ4n) is 1.74. The van der Waals surface area contributed by atoms with E-state index in [0.717, 1.165) is 13.1 Å². The van der Waals surface area contributed by atoms with Gasteiger partial charge in [-0.25, -0.2) is 0 Å². The third-order valence-electron chi connectivity index (χ3n) is 2.76. The van der Waals surface area contributed by atoms with Crippen molar-refractivity contribution in [1.82, 2.24) is 5.32 Å². The second-order valence-corrected chi connectivity index (χ2v) is 4.36. The number of unbranched alkanes of at least 4 members (excludes halogenated alkanes) is 2. The molecule has 0 aliphatic rings. The van der Waals surface area contributed by atoms with Gasteiger partial charge in [-0.15, -0.1) is 0 Å². The van der Waals surface area contributed by atoms with Crippen LogP contribution in [0, 0.1) is 0 Å². The van der Waals surface area contributed by atoms with Gasteiger partial charge in [0.15, 0.2) is 5.78 Å². The highest BCUT2D eigenvalue weighted by molar-refractivity contribution is 5.96. The van der Waals surface area contributed by atoms with Crippen LogP contribution >= 0.6 is 0 Å². The van der Waals surface area contributed by atoms with E-state index in [1.54, 1.807) is 13.0 Å². The summed E-state index contributed by atoms with van der Waals surface area (Å²) in [6.45, 7) is 6.20. The van der Waals surface area contributed by atoms with Gasteiger partial charge in [0.05, 0.1) is 5.56 Å². The zero-order valence-electron chi connectivity index (χ0n) is 11.4. The van der Waals surface area contributed by atoms with Gasteiger partial charge in [-0.3, -0.25) is 4.79 Å². The topological polar surface area (TPSA) is 38.3 Å². The lowest BCUT2D eigenvalue weighted by atomic mass is 10.1. The fraction of sp³-hybridized carbons (Fsp3) is 0.533. The lowest BCUT2D eigenvalue weighted by molar-refractivity contribution is 0.101. The minimum absolute atomic E-state index is 0.0431. The number of ether oxygens (including phenoxy) is 1. The summed E-state index contributed by atoms with van der Waals surface area (Å²) in [6.07, 6.45) is 3.71. The van der Waals surface area contributed by atoms with Gasteiger partial charge in [0, 0.05) is 6.54 Å². The van der Waals surface area contributed by atoms with Crippen LogP contribution in [0.5, 0.6) is 5.75 Å². The monoisotopic (exact) mass is 249 g/mol. The Balaban J connectivity index is 2.25. The van der Waals surface area contributed by atoms with Crippen molar-refractivity contribution in [2.45, 2.75) is 33.1 Å². The van der Waals surface area contributed by atoms with Gasteiger partial charge >= 0.3 is 0 Å². The number of carbonyl (C=O) groups excluding carboxylic acids is 1. The normalized spacial score (nSPS) is 10.3. The molecule has 0 fully saturated rings. The van der Waals surface area contributed by atoms with Crippen LogP contribution in [0.25, 0.3) is 0 Å². The molecular weight excluding hydrogens is 226 g/mol. The van der Waals surface area contributed by atoms with Crippen LogP contribution < -0.4 is 10.1 Å². The standard InChI is InChI=1S/C15H23NO2/c1-3-4-7-10-16-11-12-18-15-9-6-5-8-14(15)13(2)17/h5-6,8-9,16H,3-4,7,10-12H2,1-2H3. The maximum Gasteiger partial charge on any atom is 0.163 e. The van der Waals surface area contributed by atoms with Crippen molar-refractivity contribution in [1.29, 1.82) is 0 Å². The number of hydrogen-bond acceptors (Lipinski definition) is 3. The molecule has 1 N–H and O–H groups in total. The zero-order chi connectivity index (χ0) is 13.2. The van der Waals surface area contributed by atoms with Crippen LogP contribution in [0.2, 0.25) is 0 Å². The number of ketones is 1. The molecule has 0 aliphatic carbocycles. The molecule has 100 valence electrons. The highest BCUT2D eigenvalue weighted by Crippen LogP contribution is 2.17. The van der Waals surface area contributed by atoms with Gasteiger partial charge in [-0.1, -0.05) is 31.9 Å². The van der Waals surface area contributed by atoms with E-state index in [2.05, 4.69) is 12.2 Å². The van der Waals surface area contributed by atoms with E-state index in [0.29, 0.717) is 17.9 Å². The van der Waals surface area contributed by atoms with E-state index < -0.39 is 0 Å². The van der Waals surface area contributed by atoms with Crippen LogP contribution in [-0.4, -0.2) is 25.5 Å². The molecule has 1 aromatic rings. The molecule has 0 saturated heterocycles. The Hall–Kier alpha value is -1.35. The first-order chi connectivity index (χ1) is 8.75.